The Kier molecular flexibility index (Phi) is 5.76. The van der Waals surface area contributed by atoms with Crippen molar-refractivity contribution in [2.45, 2.75) is 19.3 Å². The molecule has 3 heteroatoms. The van der Waals surface area contributed by atoms with Crippen LogP contribution in [0.25, 0.3) is 0 Å². The van der Waals surface area contributed by atoms with E-state index >= 15 is 0 Å². The maximum atomic E-state index is 4.29. The van der Waals surface area contributed by atoms with Crippen molar-refractivity contribution < 1.29 is 17.1 Å². The number of nitrogens with zero attached hydrogens (tertiary/aromatic N) is 2. The van der Waals surface area contributed by atoms with Crippen molar-refractivity contribution in [3.05, 3.63) is 60.2 Å². The summed E-state index contributed by atoms with van der Waals surface area (Å²) in [6.45, 7) is 0. The van der Waals surface area contributed by atoms with Crippen molar-refractivity contribution in [1.29, 1.82) is 0 Å². The van der Waals surface area contributed by atoms with Gasteiger partial charge in [0.05, 0.1) is 0 Å². The molecule has 0 saturated heterocycles. The van der Waals surface area contributed by atoms with Gasteiger partial charge in [-0.15, -0.1) is 0 Å². The Labute approximate surface area is 107 Å². The van der Waals surface area contributed by atoms with Gasteiger partial charge in [0.25, 0.3) is 0 Å². The molecule has 0 bridgehead atoms. The van der Waals surface area contributed by atoms with Gasteiger partial charge in [0.2, 0.25) is 0 Å². The van der Waals surface area contributed by atoms with Gasteiger partial charge in [-0.25, -0.2) is 0 Å². The fourth-order valence-corrected chi connectivity index (χ4v) is 1.54. The molecule has 87 valence electrons. The zero-order valence-corrected chi connectivity index (χ0v) is 9.88. The molecule has 1 radical (unpaired) electrons. The maximum Gasteiger partial charge on any atom is 0.0403 e. The first-order chi connectivity index (χ1) is 7.45. The molecule has 0 aliphatic heterocycles. The van der Waals surface area contributed by atoms with Crippen molar-refractivity contribution in [2.24, 2.45) is 0 Å². The van der Waals surface area contributed by atoms with Crippen LogP contribution in [0.15, 0.2) is 48.8 Å². The Morgan fingerprint density at radius 1 is 0.750 bits per heavy atom. The predicted octanol–water partition coefficient (Wildman–Crippen LogP) is 2.65. The zero-order chi connectivity index (χ0) is 10.3. The van der Waals surface area contributed by atoms with Crippen LogP contribution >= 0.6 is 0 Å². The number of hydrogen-bond acceptors (Lipinski definition) is 2. The molecule has 2 aromatic heterocycles. The van der Waals surface area contributed by atoms with Gasteiger partial charge in [-0.3, -0.25) is 9.97 Å². The van der Waals surface area contributed by atoms with Crippen molar-refractivity contribution in [1.82, 2.24) is 9.97 Å². The van der Waals surface area contributed by atoms with E-state index < -0.39 is 0 Å². The van der Waals surface area contributed by atoms with Crippen molar-refractivity contribution in [3.63, 3.8) is 0 Å². The Hall–Kier alpha value is -1.18. The van der Waals surface area contributed by atoms with Gasteiger partial charge in [0.1, 0.15) is 0 Å². The first kappa shape index (κ1) is 12.9. The van der Waals surface area contributed by atoms with Crippen LogP contribution in [0.3, 0.4) is 0 Å². The zero-order valence-electron chi connectivity index (χ0n) is 8.94. The molecular formula is C13H14CuN2. The van der Waals surface area contributed by atoms with Crippen LogP contribution in [0, 0.1) is 0 Å². The van der Waals surface area contributed by atoms with Gasteiger partial charge in [0, 0.05) is 40.9 Å². The normalized spacial score (nSPS) is 9.50. The summed E-state index contributed by atoms with van der Waals surface area (Å²) in [4.78, 5) is 8.58. The SMILES string of the molecule is [64Cu].c1ccc(CCCc2ccccn2)nc1. The first-order valence-corrected chi connectivity index (χ1v) is 5.25. The molecule has 0 N–H and O–H groups in total. The number of aryl methyl sites for hydroxylation is 2. The van der Waals surface area contributed by atoms with Crippen LogP contribution in [0.5, 0.6) is 0 Å². The van der Waals surface area contributed by atoms with Crippen LogP contribution in [-0.4, -0.2) is 9.97 Å². The van der Waals surface area contributed by atoms with Gasteiger partial charge in [-0.05, 0) is 43.5 Å². The van der Waals surface area contributed by atoms with E-state index in [4.69, 9.17) is 0 Å². The number of hydrogen-bond donors (Lipinski definition) is 0. The fourth-order valence-electron chi connectivity index (χ4n) is 1.54. The molecule has 0 saturated carbocycles. The molecular weight excluding hydrogens is 248 g/mol. The van der Waals surface area contributed by atoms with E-state index in [-0.39, 0.29) is 17.1 Å². The molecule has 0 aromatic carbocycles. The molecule has 16 heavy (non-hydrogen) atoms. The molecule has 0 aliphatic rings. The van der Waals surface area contributed by atoms with Crippen LogP contribution in [0.2, 0.25) is 0 Å². The van der Waals surface area contributed by atoms with Gasteiger partial charge in [-0.2, -0.15) is 0 Å². The molecule has 0 atom stereocenters. The smallest absolute Gasteiger partial charge is 0.0403 e. The van der Waals surface area contributed by atoms with E-state index in [1.165, 1.54) is 0 Å². The van der Waals surface area contributed by atoms with E-state index in [1.807, 2.05) is 36.7 Å². The van der Waals surface area contributed by atoms with Gasteiger partial charge < -0.3 is 0 Å². The monoisotopic (exact) mass is 262 g/mol. The molecule has 2 rings (SSSR count). The van der Waals surface area contributed by atoms with Crippen molar-refractivity contribution in [2.75, 3.05) is 0 Å². The summed E-state index contributed by atoms with van der Waals surface area (Å²) in [5, 5.41) is 0. The summed E-state index contributed by atoms with van der Waals surface area (Å²) in [5.41, 5.74) is 2.32. The van der Waals surface area contributed by atoms with E-state index in [2.05, 4.69) is 22.1 Å². The van der Waals surface area contributed by atoms with Gasteiger partial charge >= 0.3 is 0 Å². The minimum absolute atomic E-state index is 0. The van der Waals surface area contributed by atoms with E-state index in [0.717, 1.165) is 30.7 Å². The average Bonchev–Trinajstić information content (AvgIpc) is 2.32. The number of pyridine rings is 2. The molecule has 2 nitrogen and oxygen atoms in total. The Balaban J connectivity index is 0.00000128. The summed E-state index contributed by atoms with van der Waals surface area (Å²) in [7, 11) is 0. The number of rotatable bonds is 4. The summed E-state index contributed by atoms with van der Waals surface area (Å²) in [5.74, 6) is 0. The Morgan fingerprint density at radius 2 is 1.25 bits per heavy atom. The summed E-state index contributed by atoms with van der Waals surface area (Å²) in [6, 6.07) is 12.1. The van der Waals surface area contributed by atoms with Crippen LogP contribution in [-0.2, 0) is 29.9 Å². The minimum atomic E-state index is 0. The molecule has 0 amide bonds. The minimum Gasteiger partial charge on any atom is -0.261 e. The summed E-state index contributed by atoms with van der Waals surface area (Å²) >= 11 is 0. The second-order valence-corrected chi connectivity index (χ2v) is 3.50. The van der Waals surface area contributed by atoms with Crippen molar-refractivity contribution in [3.8, 4) is 0 Å². The largest absolute Gasteiger partial charge is 0.261 e. The molecule has 0 unspecified atom stereocenters. The molecule has 0 aliphatic carbocycles. The van der Waals surface area contributed by atoms with E-state index in [0.29, 0.717) is 0 Å². The van der Waals surface area contributed by atoms with Crippen LogP contribution in [0.4, 0.5) is 0 Å². The Bertz CT molecular complexity index is 350. The van der Waals surface area contributed by atoms with Crippen LogP contribution in [0.1, 0.15) is 17.8 Å². The standard InChI is InChI=1S/C13H14N2.Cu/c1-3-10-14-12(6-1)8-5-9-13-7-2-4-11-15-13;/h1-4,6-7,10-11H,5,8-9H2;/i;1+0. The summed E-state index contributed by atoms with van der Waals surface area (Å²) in [6.07, 6.45) is 6.84. The Morgan fingerprint density at radius 3 is 1.62 bits per heavy atom. The predicted molar refractivity (Wildman–Crippen MR) is 60.5 cm³/mol. The van der Waals surface area contributed by atoms with Crippen molar-refractivity contribution >= 4 is 0 Å². The van der Waals surface area contributed by atoms with E-state index in [9.17, 15) is 0 Å². The van der Waals surface area contributed by atoms with Gasteiger partial charge in [-0.1, -0.05) is 12.1 Å². The number of aromatic nitrogens is 2. The molecule has 2 heterocycles. The molecule has 0 fully saturated rings. The second kappa shape index (κ2) is 7.15. The molecule has 2 aromatic rings. The van der Waals surface area contributed by atoms with Gasteiger partial charge in [0.15, 0.2) is 0 Å². The maximum absolute atomic E-state index is 4.29. The quantitative estimate of drug-likeness (QED) is 0.792. The van der Waals surface area contributed by atoms with E-state index in [1.54, 1.807) is 0 Å². The molecule has 0 spiro atoms. The van der Waals surface area contributed by atoms with Crippen LogP contribution < -0.4 is 0 Å². The first-order valence-electron chi connectivity index (χ1n) is 5.25. The fraction of sp³-hybridized carbons (Fsp3) is 0.231. The third-order valence-electron chi connectivity index (χ3n) is 2.32. The third-order valence-corrected chi connectivity index (χ3v) is 2.32. The second-order valence-electron chi connectivity index (χ2n) is 3.50. The average molecular weight is 262 g/mol. The topological polar surface area (TPSA) is 25.8 Å². The third kappa shape index (κ3) is 4.13. The summed E-state index contributed by atoms with van der Waals surface area (Å²) < 4.78 is 0.